The van der Waals surface area contributed by atoms with Crippen LogP contribution in [0.3, 0.4) is 0 Å². The lowest BCUT2D eigenvalue weighted by molar-refractivity contribution is -0.137. The van der Waals surface area contributed by atoms with Gasteiger partial charge in [-0.05, 0) is 37.2 Å². The number of carbonyl (C=O) groups excluding carboxylic acids is 2. The summed E-state index contributed by atoms with van der Waals surface area (Å²) in [4.78, 5) is 30.0. The highest BCUT2D eigenvalue weighted by atomic mass is 16.5. The van der Waals surface area contributed by atoms with Crippen LogP contribution in [0.5, 0.6) is 5.75 Å². The molecule has 1 atom stereocenters. The summed E-state index contributed by atoms with van der Waals surface area (Å²) in [6.45, 7) is 5.57. The summed E-state index contributed by atoms with van der Waals surface area (Å²) in [5.74, 6) is 0.555. The lowest BCUT2D eigenvalue weighted by atomic mass is 10.0. The van der Waals surface area contributed by atoms with E-state index in [2.05, 4.69) is 17.3 Å². The maximum absolute atomic E-state index is 13.2. The average Bonchev–Trinajstić information content (AvgIpc) is 2.74. The first-order valence-electron chi connectivity index (χ1n) is 10.1. The Morgan fingerprint density at radius 2 is 1.66 bits per heavy atom. The molecule has 1 N–H and O–H groups in total. The molecule has 2 aromatic carbocycles. The number of likely N-dealkylation sites (N-methyl/N-ethyl adjacent to an activating group) is 1. The summed E-state index contributed by atoms with van der Waals surface area (Å²) in [6.07, 6.45) is 0.214. The second kappa shape index (κ2) is 10.1. The van der Waals surface area contributed by atoms with Gasteiger partial charge in [-0.15, -0.1) is 0 Å². The first kappa shape index (κ1) is 20.9. The molecule has 0 radical (unpaired) electrons. The Morgan fingerprint density at radius 1 is 1.00 bits per heavy atom. The summed E-state index contributed by atoms with van der Waals surface area (Å²) >= 11 is 0. The van der Waals surface area contributed by atoms with Crippen molar-refractivity contribution in [1.29, 1.82) is 0 Å². The number of hydrogen-bond acceptors (Lipinski definition) is 4. The molecule has 1 aliphatic rings. The Hall–Kier alpha value is -2.86. The molecule has 2 aromatic rings. The van der Waals surface area contributed by atoms with E-state index in [1.54, 1.807) is 0 Å². The van der Waals surface area contributed by atoms with Crippen LogP contribution in [0.15, 0.2) is 54.6 Å². The van der Waals surface area contributed by atoms with Gasteiger partial charge in [-0.1, -0.05) is 42.5 Å². The summed E-state index contributed by atoms with van der Waals surface area (Å²) in [5.41, 5.74) is 1.68. The van der Waals surface area contributed by atoms with Gasteiger partial charge in [0.05, 0.1) is 13.0 Å². The molecule has 0 saturated carbocycles. The largest absolute Gasteiger partial charge is 0.494 e. The van der Waals surface area contributed by atoms with Crippen molar-refractivity contribution in [2.45, 2.75) is 19.4 Å². The normalized spacial score (nSPS) is 15.6. The van der Waals surface area contributed by atoms with Crippen molar-refractivity contribution in [3.63, 3.8) is 0 Å². The number of piperazine rings is 1. The van der Waals surface area contributed by atoms with E-state index in [4.69, 9.17) is 4.74 Å². The van der Waals surface area contributed by atoms with Crippen LogP contribution in [0.2, 0.25) is 0 Å². The molecule has 1 saturated heterocycles. The van der Waals surface area contributed by atoms with E-state index in [1.165, 1.54) is 0 Å². The van der Waals surface area contributed by atoms with E-state index < -0.39 is 6.04 Å². The van der Waals surface area contributed by atoms with Gasteiger partial charge >= 0.3 is 0 Å². The van der Waals surface area contributed by atoms with E-state index in [0.717, 1.165) is 30.0 Å². The fourth-order valence-electron chi connectivity index (χ4n) is 3.41. The second-order valence-electron chi connectivity index (χ2n) is 7.29. The van der Waals surface area contributed by atoms with Gasteiger partial charge in [-0.25, -0.2) is 0 Å². The van der Waals surface area contributed by atoms with Crippen LogP contribution in [-0.4, -0.2) is 61.4 Å². The minimum Gasteiger partial charge on any atom is -0.494 e. The maximum atomic E-state index is 13.2. The quantitative estimate of drug-likeness (QED) is 0.781. The molecule has 1 heterocycles. The topological polar surface area (TPSA) is 61.9 Å². The highest BCUT2D eigenvalue weighted by molar-refractivity contribution is 5.89. The highest BCUT2D eigenvalue weighted by Crippen LogP contribution is 2.18. The molecule has 1 aliphatic heterocycles. The lowest BCUT2D eigenvalue weighted by Gasteiger charge is -2.35. The Bertz CT molecular complexity index is 800. The molecule has 0 spiro atoms. The SMILES string of the molecule is CCOc1ccc(CC(=O)N[C@H](C(=O)N2CCN(C)CC2)c2ccccc2)cc1. The Balaban J connectivity index is 1.69. The van der Waals surface area contributed by atoms with Crippen LogP contribution in [-0.2, 0) is 16.0 Å². The summed E-state index contributed by atoms with van der Waals surface area (Å²) < 4.78 is 5.44. The van der Waals surface area contributed by atoms with Crippen molar-refractivity contribution in [3.8, 4) is 5.75 Å². The van der Waals surface area contributed by atoms with Gasteiger partial charge in [0.1, 0.15) is 11.8 Å². The fourth-order valence-corrected chi connectivity index (χ4v) is 3.41. The van der Waals surface area contributed by atoms with E-state index in [9.17, 15) is 9.59 Å². The molecule has 2 amide bonds. The van der Waals surface area contributed by atoms with Crippen molar-refractivity contribution >= 4 is 11.8 Å². The smallest absolute Gasteiger partial charge is 0.249 e. The molecule has 3 rings (SSSR count). The molecule has 1 fully saturated rings. The molecule has 0 unspecified atom stereocenters. The third-order valence-corrected chi connectivity index (χ3v) is 5.10. The number of nitrogens with zero attached hydrogens (tertiary/aromatic N) is 2. The third kappa shape index (κ3) is 5.81. The molecular formula is C23H29N3O3. The van der Waals surface area contributed by atoms with Crippen LogP contribution >= 0.6 is 0 Å². The Morgan fingerprint density at radius 3 is 2.28 bits per heavy atom. The van der Waals surface area contributed by atoms with Crippen molar-refractivity contribution in [2.24, 2.45) is 0 Å². The van der Waals surface area contributed by atoms with Crippen LogP contribution in [0.4, 0.5) is 0 Å². The Kier molecular flexibility index (Phi) is 7.25. The number of rotatable bonds is 7. The minimum atomic E-state index is -0.671. The van der Waals surface area contributed by atoms with Gasteiger partial charge in [0.2, 0.25) is 11.8 Å². The molecule has 6 heteroatoms. The van der Waals surface area contributed by atoms with E-state index in [1.807, 2.05) is 66.4 Å². The molecule has 6 nitrogen and oxygen atoms in total. The molecule has 0 bridgehead atoms. The van der Waals surface area contributed by atoms with E-state index in [0.29, 0.717) is 19.7 Å². The lowest BCUT2D eigenvalue weighted by Crippen LogP contribution is -2.51. The number of hydrogen-bond donors (Lipinski definition) is 1. The van der Waals surface area contributed by atoms with Crippen molar-refractivity contribution in [2.75, 3.05) is 39.8 Å². The summed E-state index contributed by atoms with van der Waals surface area (Å²) in [5, 5.41) is 2.95. The highest BCUT2D eigenvalue weighted by Gasteiger charge is 2.29. The molecule has 0 aliphatic carbocycles. The van der Waals surface area contributed by atoms with Gasteiger partial charge in [-0.3, -0.25) is 9.59 Å². The van der Waals surface area contributed by atoms with Gasteiger partial charge in [0, 0.05) is 26.2 Å². The van der Waals surface area contributed by atoms with Gasteiger partial charge in [-0.2, -0.15) is 0 Å². The molecule has 29 heavy (non-hydrogen) atoms. The minimum absolute atomic E-state index is 0.0515. The summed E-state index contributed by atoms with van der Waals surface area (Å²) in [7, 11) is 2.05. The fraction of sp³-hybridized carbons (Fsp3) is 0.391. The zero-order valence-corrected chi connectivity index (χ0v) is 17.1. The zero-order chi connectivity index (χ0) is 20.6. The van der Waals surface area contributed by atoms with Gasteiger partial charge in [0.15, 0.2) is 0 Å². The standard InChI is InChI=1S/C23H29N3O3/c1-3-29-20-11-9-18(10-12-20)17-21(27)24-22(19-7-5-4-6-8-19)23(28)26-15-13-25(2)14-16-26/h4-12,22H,3,13-17H2,1-2H3,(H,24,27)/t22-/m0/s1. The van der Waals surface area contributed by atoms with Crippen molar-refractivity contribution < 1.29 is 14.3 Å². The monoisotopic (exact) mass is 395 g/mol. The predicted molar refractivity (Wildman–Crippen MR) is 113 cm³/mol. The zero-order valence-electron chi connectivity index (χ0n) is 17.1. The van der Waals surface area contributed by atoms with Crippen molar-refractivity contribution in [1.82, 2.24) is 15.1 Å². The van der Waals surface area contributed by atoms with E-state index in [-0.39, 0.29) is 18.2 Å². The van der Waals surface area contributed by atoms with Crippen LogP contribution < -0.4 is 10.1 Å². The number of nitrogens with one attached hydrogen (secondary N) is 1. The number of amides is 2. The third-order valence-electron chi connectivity index (χ3n) is 5.10. The van der Waals surface area contributed by atoms with Crippen molar-refractivity contribution in [3.05, 3.63) is 65.7 Å². The van der Waals surface area contributed by atoms with Gasteiger partial charge in [0.25, 0.3) is 0 Å². The van der Waals surface area contributed by atoms with Gasteiger partial charge < -0.3 is 19.9 Å². The number of ether oxygens (including phenoxy) is 1. The Labute approximate surface area is 172 Å². The van der Waals surface area contributed by atoms with Crippen LogP contribution in [0, 0.1) is 0 Å². The summed E-state index contributed by atoms with van der Waals surface area (Å²) in [6, 6.07) is 16.3. The van der Waals surface area contributed by atoms with Crippen LogP contribution in [0.25, 0.3) is 0 Å². The second-order valence-corrected chi connectivity index (χ2v) is 7.29. The first-order chi connectivity index (χ1) is 14.1. The van der Waals surface area contributed by atoms with Crippen LogP contribution in [0.1, 0.15) is 24.1 Å². The average molecular weight is 396 g/mol. The number of carbonyl (C=O) groups is 2. The number of benzene rings is 2. The first-order valence-corrected chi connectivity index (χ1v) is 10.1. The van der Waals surface area contributed by atoms with E-state index >= 15 is 0 Å². The molecule has 154 valence electrons. The maximum Gasteiger partial charge on any atom is 0.249 e. The predicted octanol–water partition coefficient (Wildman–Crippen LogP) is 2.26. The molecular weight excluding hydrogens is 366 g/mol. The molecule has 0 aromatic heterocycles.